The monoisotopic (exact) mass is 146 g/mol. The van der Waals surface area contributed by atoms with Crippen LogP contribution in [-0.2, 0) is 0 Å². The van der Waals surface area contributed by atoms with Gasteiger partial charge in [0.2, 0.25) is 0 Å². The molecular formula is C3H9GaS. The Labute approximate surface area is 42.2 Å². The fourth-order valence-corrected chi connectivity index (χ4v) is 0. The van der Waals surface area contributed by atoms with Gasteiger partial charge < -0.3 is 0 Å². The first-order valence-corrected chi connectivity index (χ1v) is 10.9. The van der Waals surface area contributed by atoms with Gasteiger partial charge in [-0.1, -0.05) is 0 Å². The molecule has 0 aromatic rings. The summed E-state index contributed by atoms with van der Waals surface area (Å²) in [6.45, 7) is 0. The van der Waals surface area contributed by atoms with Crippen molar-refractivity contribution in [1.29, 1.82) is 0 Å². The summed E-state index contributed by atoms with van der Waals surface area (Å²) >= 11 is -0.595. The summed E-state index contributed by atoms with van der Waals surface area (Å²) in [7, 11) is 2.07. The SMILES string of the molecule is C[S][Ga]([CH3])[CH3]. The number of hydrogen-bond donors (Lipinski definition) is 0. The molecule has 0 aliphatic rings. The van der Waals surface area contributed by atoms with Crippen LogP contribution in [0.3, 0.4) is 0 Å². The summed E-state index contributed by atoms with van der Waals surface area (Å²) < 4.78 is 0. The van der Waals surface area contributed by atoms with Gasteiger partial charge in [0.15, 0.2) is 0 Å². The van der Waals surface area contributed by atoms with Gasteiger partial charge in [-0.2, -0.15) is 0 Å². The molecule has 2 heteroatoms. The molecule has 0 heterocycles. The molecule has 0 aliphatic heterocycles. The first kappa shape index (κ1) is 5.99. The van der Waals surface area contributed by atoms with Crippen molar-refractivity contribution < 1.29 is 0 Å². The fourth-order valence-electron chi connectivity index (χ4n) is 0. The third-order valence-electron chi connectivity index (χ3n) is 0.471. The second kappa shape index (κ2) is 3.19. The predicted molar refractivity (Wildman–Crippen MR) is 31.0 cm³/mol. The zero-order valence-electron chi connectivity index (χ0n) is 3.99. The molecular weight excluding hydrogens is 138 g/mol. The number of rotatable bonds is 1. The number of hydrogen-bond acceptors (Lipinski definition) is 1. The van der Waals surface area contributed by atoms with Gasteiger partial charge in [0.05, 0.1) is 0 Å². The zero-order valence-corrected chi connectivity index (χ0v) is 7.22. The summed E-state index contributed by atoms with van der Waals surface area (Å²) in [6, 6.07) is 0. The fraction of sp³-hybridized carbons (Fsp3) is 1.00. The van der Waals surface area contributed by atoms with Crippen molar-refractivity contribution in [2.45, 2.75) is 11.0 Å². The molecule has 0 amide bonds. The summed E-state index contributed by atoms with van der Waals surface area (Å²) in [4.78, 5) is 0. The van der Waals surface area contributed by atoms with Crippen LogP contribution in [0.1, 0.15) is 0 Å². The summed E-state index contributed by atoms with van der Waals surface area (Å²) in [5.41, 5.74) is 4.75. The molecule has 0 rings (SSSR count). The van der Waals surface area contributed by atoms with Crippen molar-refractivity contribution in [3.8, 4) is 0 Å². The third kappa shape index (κ3) is 4.99. The average Bonchev–Trinajstić information content (AvgIpc) is 1.38. The van der Waals surface area contributed by atoms with Crippen molar-refractivity contribution in [3.05, 3.63) is 0 Å². The van der Waals surface area contributed by atoms with Crippen LogP contribution < -0.4 is 0 Å². The third-order valence-corrected chi connectivity index (χ3v) is 7.35. The quantitative estimate of drug-likeness (QED) is 0.507. The Kier molecular flexibility index (Phi) is 3.82. The van der Waals surface area contributed by atoms with E-state index in [4.69, 9.17) is 0 Å². The molecule has 0 saturated heterocycles. The molecule has 0 aromatic carbocycles. The van der Waals surface area contributed by atoms with Gasteiger partial charge in [0.25, 0.3) is 0 Å². The molecule has 0 nitrogen and oxygen atoms in total. The van der Waals surface area contributed by atoms with Crippen molar-refractivity contribution >= 4 is 24.7 Å². The maximum atomic E-state index is 2.37. The van der Waals surface area contributed by atoms with Crippen molar-refractivity contribution in [1.82, 2.24) is 0 Å². The van der Waals surface area contributed by atoms with E-state index in [9.17, 15) is 0 Å². The molecule has 0 saturated carbocycles. The van der Waals surface area contributed by atoms with E-state index in [-0.39, 0.29) is 0 Å². The van der Waals surface area contributed by atoms with E-state index in [0.717, 1.165) is 0 Å². The first-order chi connectivity index (χ1) is 2.27. The van der Waals surface area contributed by atoms with E-state index in [0.29, 0.717) is 0 Å². The molecule has 5 heavy (non-hydrogen) atoms. The molecule has 30 valence electrons. The molecule has 0 N–H and O–H groups in total. The van der Waals surface area contributed by atoms with Crippen LogP contribution in [0.25, 0.3) is 0 Å². The van der Waals surface area contributed by atoms with E-state index >= 15 is 0 Å². The molecule has 0 fully saturated rings. The molecule has 0 spiro atoms. The van der Waals surface area contributed by atoms with Gasteiger partial charge >= 0.3 is 41.9 Å². The molecule has 0 aromatic heterocycles. The van der Waals surface area contributed by atoms with Crippen molar-refractivity contribution in [3.63, 3.8) is 0 Å². The minimum atomic E-state index is -0.595. The van der Waals surface area contributed by atoms with Crippen LogP contribution >= 0.6 is 9.70 Å². The Bertz CT molecular complexity index is 20.9. The Balaban J connectivity index is 2.54. The van der Waals surface area contributed by atoms with Crippen molar-refractivity contribution in [2.24, 2.45) is 0 Å². The molecule has 0 aliphatic carbocycles. The Hall–Kier alpha value is 0.986. The Morgan fingerprint density at radius 2 is 1.60 bits per heavy atom. The maximum absolute atomic E-state index is 2.37. The molecule has 0 radical (unpaired) electrons. The molecule has 0 unspecified atom stereocenters. The van der Waals surface area contributed by atoms with E-state index < -0.39 is 15.0 Å². The topological polar surface area (TPSA) is 0 Å². The molecule has 0 bridgehead atoms. The van der Waals surface area contributed by atoms with Gasteiger partial charge in [-0.15, -0.1) is 0 Å². The second-order valence-electron chi connectivity index (χ2n) is 1.28. The minimum absolute atomic E-state index is 0.595. The van der Waals surface area contributed by atoms with E-state index in [1.165, 1.54) is 0 Å². The van der Waals surface area contributed by atoms with E-state index in [1.807, 2.05) is 0 Å². The standard InChI is InChI=1S/CH4S.2CH3.Ga/c1-2;;;/h2H,1H3;2*1H3;/q;;;+1/p-1. The first-order valence-electron chi connectivity index (χ1n) is 1.80. The van der Waals surface area contributed by atoms with Gasteiger partial charge in [-0.3, -0.25) is 0 Å². The average molecular weight is 147 g/mol. The van der Waals surface area contributed by atoms with Crippen LogP contribution in [-0.4, -0.2) is 21.2 Å². The summed E-state index contributed by atoms with van der Waals surface area (Å²) in [5, 5.41) is 0. The van der Waals surface area contributed by atoms with Crippen LogP contribution in [0, 0.1) is 0 Å². The van der Waals surface area contributed by atoms with Crippen LogP contribution in [0.2, 0.25) is 11.0 Å². The summed E-state index contributed by atoms with van der Waals surface area (Å²) in [5.74, 6) is 0. The summed E-state index contributed by atoms with van der Waals surface area (Å²) in [6.07, 6.45) is 2.20. The van der Waals surface area contributed by atoms with Crippen LogP contribution in [0.4, 0.5) is 0 Å². The van der Waals surface area contributed by atoms with Crippen LogP contribution in [0.5, 0.6) is 0 Å². The zero-order chi connectivity index (χ0) is 4.28. The van der Waals surface area contributed by atoms with Crippen LogP contribution in [0.15, 0.2) is 0 Å². The van der Waals surface area contributed by atoms with Gasteiger partial charge in [-0.05, 0) is 0 Å². The van der Waals surface area contributed by atoms with Crippen molar-refractivity contribution in [2.75, 3.05) is 6.26 Å². The normalized spacial score (nSPS) is 7.80. The van der Waals surface area contributed by atoms with E-state index in [1.54, 1.807) is 0 Å². The Morgan fingerprint density at radius 1 is 1.40 bits per heavy atom. The van der Waals surface area contributed by atoms with Gasteiger partial charge in [0.1, 0.15) is 0 Å². The van der Waals surface area contributed by atoms with Gasteiger partial charge in [0, 0.05) is 0 Å². The molecule has 0 atom stereocenters. The predicted octanol–water partition coefficient (Wildman–Crippen LogP) is 1.60. The second-order valence-corrected chi connectivity index (χ2v) is 14.0. The van der Waals surface area contributed by atoms with E-state index in [2.05, 4.69) is 26.9 Å². The van der Waals surface area contributed by atoms with Gasteiger partial charge in [-0.25, -0.2) is 0 Å². The Morgan fingerprint density at radius 3 is 1.60 bits per heavy atom.